The molecule has 0 fully saturated rings. The molecule has 9 heteroatoms. The molecular formula is C24H22N4O3S2. The Morgan fingerprint density at radius 2 is 1.64 bits per heavy atom. The number of carbonyl (C=O) groups is 1. The van der Waals surface area contributed by atoms with Gasteiger partial charge in [0.15, 0.2) is 20.8 Å². The highest BCUT2D eigenvalue weighted by Crippen LogP contribution is 2.25. The fourth-order valence-electron chi connectivity index (χ4n) is 3.25. The van der Waals surface area contributed by atoms with Crippen LogP contribution < -0.4 is 5.32 Å². The number of hydrogen-bond donors (Lipinski definition) is 1. The van der Waals surface area contributed by atoms with E-state index in [2.05, 4.69) is 15.5 Å². The molecule has 0 radical (unpaired) electrons. The van der Waals surface area contributed by atoms with Gasteiger partial charge < -0.3 is 5.32 Å². The Kier molecular flexibility index (Phi) is 6.90. The first-order valence-electron chi connectivity index (χ1n) is 10.2. The molecule has 7 nitrogen and oxygen atoms in total. The van der Waals surface area contributed by atoms with Crippen molar-refractivity contribution in [2.75, 3.05) is 11.1 Å². The zero-order chi connectivity index (χ0) is 23.3. The number of sulfone groups is 1. The highest BCUT2D eigenvalue weighted by Gasteiger charge is 2.23. The van der Waals surface area contributed by atoms with Gasteiger partial charge in [0.25, 0.3) is 0 Å². The molecule has 0 atom stereocenters. The van der Waals surface area contributed by atoms with Crippen LogP contribution in [0.25, 0.3) is 5.69 Å². The third-order valence-corrected chi connectivity index (χ3v) is 7.33. The molecular weight excluding hydrogens is 456 g/mol. The summed E-state index contributed by atoms with van der Waals surface area (Å²) >= 11 is 1.20. The number of hydrogen-bond acceptors (Lipinski definition) is 6. The van der Waals surface area contributed by atoms with Gasteiger partial charge in [0.1, 0.15) is 5.75 Å². The summed E-state index contributed by atoms with van der Waals surface area (Å²) in [5, 5.41) is 11.7. The average molecular weight is 479 g/mol. The molecule has 0 aliphatic rings. The summed E-state index contributed by atoms with van der Waals surface area (Å²) in [6.45, 7) is 1.96. The number of nitrogens with one attached hydrogen (secondary N) is 1. The van der Waals surface area contributed by atoms with Crippen molar-refractivity contribution in [2.45, 2.75) is 22.7 Å². The lowest BCUT2D eigenvalue weighted by molar-refractivity contribution is -0.113. The lowest BCUT2D eigenvalue weighted by Gasteiger charge is -2.11. The van der Waals surface area contributed by atoms with Gasteiger partial charge in [-0.2, -0.15) is 0 Å². The topological polar surface area (TPSA) is 94.0 Å². The molecule has 1 amide bonds. The normalized spacial score (nSPS) is 11.3. The van der Waals surface area contributed by atoms with Crippen molar-refractivity contribution in [3.8, 4) is 5.69 Å². The minimum absolute atomic E-state index is 0.102. The van der Waals surface area contributed by atoms with Crippen molar-refractivity contribution < 1.29 is 13.2 Å². The van der Waals surface area contributed by atoms with Gasteiger partial charge in [-0.15, -0.1) is 10.2 Å². The molecule has 1 N–H and O–H groups in total. The first-order valence-corrected chi connectivity index (χ1v) is 12.8. The lowest BCUT2D eigenvalue weighted by atomic mass is 10.2. The van der Waals surface area contributed by atoms with E-state index in [9.17, 15) is 13.2 Å². The number of para-hydroxylation sites is 1. The first-order chi connectivity index (χ1) is 15.9. The number of amides is 1. The van der Waals surface area contributed by atoms with Gasteiger partial charge in [0.2, 0.25) is 5.91 Å². The van der Waals surface area contributed by atoms with Crippen LogP contribution in [0.4, 0.5) is 5.69 Å². The van der Waals surface area contributed by atoms with Crippen LogP contribution in [0.2, 0.25) is 0 Å². The molecule has 0 unspecified atom stereocenters. The smallest absolute Gasteiger partial charge is 0.234 e. The zero-order valence-electron chi connectivity index (χ0n) is 17.9. The summed E-state index contributed by atoms with van der Waals surface area (Å²) in [6, 6.07) is 25.1. The molecule has 168 valence electrons. The Bertz CT molecular complexity index is 1350. The first kappa shape index (κ1) is 22.8. The largest absolute Gasteiger partial charge is 0.325 e. The van der Waals surface area contributed by atoms with Crippen molar-refractivity contribution in [2.24, 2.45) is 0 Å². The number of rotatable bonds is 8. The third-order valence-electron chi connectivity index (χ3n) is 4.77. The van der Waals surface area contributed by atoms with Crippen LogP contribution >= 0.6 is 11.8 Å². The Morgan fingerprint density at radius 3 is 2.33 bits per heavy atom. The quantitative estimate of drug-likeness (QED) is 0.380. The van der Waals surface area contributed by atoms with E-state index in [1.807, 2.05) is 61.5 Å². The zero-order valence-corrected chi connectivity index (χ0v) is 19.5. The predicted octanol–water partition coefficient (Wildman–Crippen LogP) is 4.28. The van der Waals surface area contributed by atoms with Crippen LogP contribution in [0.15, 0.2) is 95.0 Å². The van der Waals surface area contributed by atoms with E-state index in [-0.39, 0.29) is 28.1 Å². The highest BCUT2D eigenvalue weighted by molar-refractivity contribution is 7.99. The van der Waals surface area contributed by atoms with Gasteiger partial charge in [-0.3, -0.25) is 9.36 Å². The number of carbonyl (C=O) groups excluding carboxylic acids is 1. The molecule has 0 saturated carbocycles. The molecule has 0 aliphatic heterocycles. The van der Waals surface area contributed by atoms with Gasteiger partial charge >= 0.3 is 0 Å². The Labute approximate surface area is 196 Å². The predicted molar refractivity (Wildman–Crippen MR) is 129 cm³/mol. The van der Waals surface area contributed by atoms with Crippen molar-refractivity contribution in [3.63, 3.8) is 0 Å². The van der Waals surface area contributed by atoms with Gasteiger partial charge in [-0.05, 0) is 48.9 Å². The Hall–Kier alpha value is -3.43. The highest BCUT2D eigenvalue weighted by atomic mass is 32.2. The summed E-state index contributed by atoms with van der Waals surface area (Å²) in [5.41, 5.74) is 2.50. The maximum absolute atomic E-state index is 12.9. The van der Waals surface area contributed by atoms with Crippen LogP contribution in [-0.4, -0.2) is 34.8 Å². The van der Waals surface area contributed by atoms with Crippen LogP contribution in [-0.2, 0) is 20.4 Å². The fraction of sp³-hybridized carbons (Fsp3) is 0.125. The Balaban J connectivity index is 1.57. The average Bonchev–Trinajstić information content (AvgIpc) is 3.20. The molecule has 0 aliphatic carbocycles. The monoisotopic (exact) mass is 478 g/mol. The molecule has 1 heterocycles. The van der Waals surface area contributed by atoms with Crippen molar-refractivity contribution in [1.29, 1.82) is 0 Å². The number of benzene rings is 3. The van der Waals surface area contributed by atoms with E-state index in [0.717, 1.165) is 16.9 Å². The minimum Gasteiger partial charge on any atom is -0.325 e. The van der Waals surface area contributed by atoms with Crippen LogP contribution in [0.1, 0.15) is 11.4 Å². The Morgan fingerprint density at radius 1 is 0.939 bits per heavy atom. The summed E-state index contributed by atoms with van der Waals surface area (Å²) in [4.78, 5) is 12.7. The summed E-state index contributed by atoms with van der Waals surface area (Å²) < 4.78 is 27.6. The van der Waals surface area contributed by atoms with E-state index >= 15 is 0 Å². The number of aromatic nitrogens is 3. The summed E-state index contributed by atoms with van der Waals surface area (Å²) in [6.07, 6.45) is 0. The van der Waals surface area contributed by atoms with Gasteiger partial charge in [0, 0.05) is 11.4 Å². The molecule has 4 aromatic rings. The van der Waals surface area contributed by atoms with Crippen LogP contribution in [0.5, 0.6) is 0 Å². The second-order valence-corrected chi connectivity index (χ2v) is 10.3. The molecule has 0 saturated heterocycles. The minimum atomic E-state index is -3.62. The van der Waals surface area contributed by atoms with E-state index in [4.69, 9.17) is 0 Å². The van der Waals surface area contributed by atoms with E-state index < -0.39 is 9.84 Å². The molecule has 0 spiro atoms. The van der Waals surface area contributed by atoms with Crippen molar-refractivity contribution >= 4 is 33.2 Å². The number of aryl methyl sites for hydroxylation is 1. The molecule has 4 rings (SSSR count). The molecule has 3 aromatic carbocycles. The molecule has 0 bridgehead atoms. The van der Waals surface area contributed by atoms with Crippen molar-refractivity contribution in [1.82, 2.24) is 14.8 Å². The van der Waals surface area contributed by atoms with E-state index in [1.165, 1.54) is 11.8 Å². The van der Waals surface area contributed by atoms with Gasteiger partial charge in [0.05, 0.1) is 10.6 Å². The molecule has 33 heavy (non-hydrogen) atoms. The number of anilines is 1. The number of nitrogens with zero attached hydrogens (tertiary/aromatic N) is 3. The van der Waals surface area contributed by atoms with Gasteiger partial charge in [-0.1, -0.05) is 60.3 Å². The fourth-order valence-corrected chi connectivity index (χ4v) is 5.29. The number of thioether (sulfide) groups is 1. The summed E-state index contributed by atoms with van der Waals surface area (Å²) in [7, 11) is -3.62. The maximum Gasteiger partial charge on any atom is 0.234 e. The van der Waals surface area contributed by atoms with E-state index in [1.54, 1.807) is 34.9 Å². The van der Waals surface area contributed by atoms with Crippen LogP contribution in [0, 0.1) is 6.92 Å². The second-order valence-electron chi connectivity index (χ2n) is 7.35. The van der Waals surface area contributed by atoms with E-state index in [0.29, 0.717) is 5.16 Å². The second kappa shape index (κ2) is 10.0. The SMILES string of the molecule is Cc1cccc(NC(=O)CSc2nnc(CS(=O)(=O)c3ccccc3)n2-c2ccccc2)c1. The van der Waals surface area contributed by atoms with Crippen LogP contribution in [0.3, 0.4) is 0 Å². The van der Waals surface area contributed by atoms with Gasteiger partial charge in [-0.25, -0.2) is 8.42 Å². The maximum atomic E-state index is 12.9. The summed E-state index contributed by atoms with van der Waals surface area (Å²) in [5.74, 6) is -0.113. The molecule has 1 aromatic heterocycles. The van der Waals surface area contributed by atoms with Crippen molar-refractivity contribution in [3.05, 3.63) is 96.3 Å². The lowest BCUT2D eigenvalue weighted by Crippen LogP contribution is -2.15. The third kappa shape index (κ3) is 5.68. The standard InChI is InChI=1S/C24H22N4O3S2/c1-18-9-8-10-19(15-18)25-23(29)16-32-24-27-26-22(28(24)20-11-4-2-5-12-20)17-33(30,31)21-13-6-3-7-14-21/h2-15H,16-17H2,1H3,(H,25,29).